The summed E-state index contributed by atoms with van der Waals surface area (Å²) in [7, 11) is 6.20. The molecule has 14 nitrogen and oxygen atoms in total. The molecule has 306 valence electrons. The summed E-state index contributed by atoms with van der Waals surface area (Å²) in [5, 5.41) is 42.6. The molecule has 7 N–H and O–H groups in total. The van der Waals surface area contributed by atoms with Gasteiger partial charge in [-0.15, -0.1) is 24.8 Å². The Morgan fingerprint density at radius 1 is 0.719 bits per heavy atom. The van der Waals surface area contributed by atoms with E-state index in [1.54, 1.807) is 0 Å². The van der Waals surface area contributed by atoms with Gasteiger partial charge in [-0.25, -0.2) is 9.59 Å². The number of aromatic amines is 2. The quantitative estimate of drug-likeness (QED) is 0.142. The van der Waals surface area contributed by atoms with E-state index in [4.69, 9.17) is 0 Å². The maximum Gasteiger partial charge on any atom is 0.345 e. The molecule has 2 aliphatic heterocycles. The Morgan fingerprint density at radius 3 is 1.58 bits per heavy atom. The van der Waals surface area contributed by atoms with Crippen LogP contribution in [0, 0.1) is 0 Å². The largest absolute Gasteiger partial charge is 0.506 e. The second kappa shape index (κ2) is 17.6. The summed E-state index contributed by atoms with van der Waals surface area (Å²) in [6, 6.07) is 13.4. The van der Waals surface area contributed by atoms with Crippen LogP contribution in [-0.2, 0) is 25.7 Å². The zero-order chi connectivity index (χ0) is 39.1. The number of aryl methyl sites for hydroxylation is 2. The van der Waals surface area contributed by atoms with E-state index in [0.717, 1.165) is 92.6 Å². The first-order valence-corrected chi connectivity index (χ1v) is 18.9. The third-order valence-corrected chi connectivity index (χ3v) is 11.7. The van der Waals surface area contributed by atoms with E-state index in [1.807, 2.05) is 31.3 Å². The second-order valence-electron chi connectivity index (χ2n) is 15.1. The highest BCUT2D eigenvalue weighted by Crippen LogP contribution is 2.39. The van der Waals surface area contributed by atoms with Crippen molar-refractivity contribution in [3.63, 3.8) is 0 Å². The standard InChI is InChI=1S/C21H25N3O4.C20H23N3O4.2ClH/c1-23(2)14-8-9-24(11-14)13-6-7-15-12(10-13)4-3-5-16-18(15)22-20(26)17(19(16)25)21(27)28;1-21-12-7-8-23(10-12)13-5-6-14-11(9-13)3-2-4-15-17(14)22-19(25)16(18(15)24)20(26)27;;/h6-7,10,14H,3-5,8-9,11H2,1-2H3,(H,27,28)(H2,22,25,26);5-6,9,12,21H,2-4,7-8,10H2,1H3,(H,26,27)(H2,22,24,25);2*1H. The van der Waals surface area contributed by atoms with Crippen molar-refractivity contribution in [3.8, 4) is 34.0 Å². The van der Waals surface area contributed by atoms with Gasteiger partial charge in [0.25, 0.3) is 11.1 Å². The van der Waals surface area contributed by atoms with Gasteiger partial charge in [-0.2, -0.15) is 0 Å². The SMILES string of the molecule is CN(C)C1CCN(c2ccc3c(c2)CCCc2c-3[nH]c(=O)c(C(=O)O)c2O)C1.CNC1CCN(c2ccc3c(c2)CCCc2c-3[nH]c(=O)c(C(=O)O)c2O)C1.Cl.Cl. The monoisotopic (exact) mass is 824 g/mol. The van der Waals surface area contributed by atoms with Crippen LogP contribution in [-0.4, -0.2) is 107 Å². The van der Waals surface area contributed by atoms with Crippen LogP contribution in [0.3, 0.4) is 0 Å². The lowest BCUT2D eigenvalue weighted by Gasteiger charge is -2.23. The van der Waals surface area contributed by atoms with Gasteiger partial charge in [0.1, 0.15) is 11.5 Å². The summed E-state index contributed by atoms with van der Waals surface area (Å²) >= 11 is 0. The molecule has 0 bridgehead atoms. The van der Waals surface area contributed by atoms with E-state index < -0.39 is 45.7 Å². The molecule has 2 aliphatic carbocycles. The van der Waals surface area contributed by atoms with E-state index in [-0.39, 0.29) is 24.8 Å². The molecular weight excluding hydrogens is 775 g/mol. The molecule has 2 aromatic carbocycles. The van der Waals surface area contributed by atoms with Gasteiger partial charge in [-0.05, 0) is 108 Å². The molecule has 4 aliphatic rings. The minimum Gasteiger partial charge on any atom is -0.506 e. The fourth-order valence-electron chi connectivity index (χ4n) is 8.59. The fraction of sp³-hybridized carbons (Fsp3) is 0.415. The maximum absolute atomic E-state index is 12.2. The van der Waals surface area contributed by atoms with Crippen molar-refractivity contribution >= 4 is 48.1 Å². The maximum atomic E-state index is 12.2. The van der Waals surface area contributed by atoms with Crippen molar-refractivity contribution in [1.29, 1.82) is 0 Å². The number of rotatable bonds is 6. The Balaban J connectivity index is 0.000000210. The number of aromatic hydroxyl groups is 2. The Hall–Kier alpha value is -5.02. The first kappa shape index (κ1) is 43.1. The van der Waals surface area contributed by atoms with Crippen molar-refractivity contribution in [1.82, 2.24) is 20.2 Å². The van der Waals surface area contributed by atoms with Crippen LogP contribution in [0.15, 0.2) is 46.0 Å². The summed E-state index contributed by atoms with van der Waals surface area (Å²) in [6.07, 6.45) is 6.46. The highest BCUT2D eigenvalue weighted by atomic mass is 35.5. The molecule has 4 aromatic rings. The number of carboxylic acids is 2. The number of likely N-dealkylation sites (N-methyl/N-ethyl adjacent to an activating group) is 2. The molecule has 0 amide bonds. The highest BCUT2D eigenvalue weighted by molar-refractivity contribution is 5.93. The molecule has 16 heteroatoms. The number of aromatic nitrogens is 2. The molecule has 2 atom stereocenters. The predicted molar refractivity (Wildman–Crippen MR) is 225 cm³/mol. The van der Waals surface area contributed by atoms with E-state index in [0.29, 0.717) is 47.4 Å². The summed E-state index contributed by atoms with van der Waals surface area (Å²) in [5.74, 6) is -3.64. The van der Waals surface area contributed by atoms with Crippen LogP contribution in [0.5, 0.6) is 11.5 Å². The molecule has 2 aromatic heterocycles. The number of hydrogen-bond acceptors (Lipinski definition) is 10. The van der Waals surface area contributed by atoms with Gasteiger partial charge < -0.3 is 50.4 Å². The molecule has 0 spiro atoms. The van der Waals surface area contributed by atoms with Crippen LogP contribution in [0.2, 0.25) is 0 Å². The average molecular weight is 826 g/mol. The van der Waals surface area contributed by atoms with Gasteiger partial charge in [0.2, 0.25) is 0 Å². The van der Waals surface area contributed by atoms with Crippen molar-refractivity contribution < 1.29 is 30.0 Å². The first-order chi connectivity index (χ1) is 26.4. The van der Waals surface area contributed by atoms with Gasteiger partial charge in [-0.1, -0.05) is 12.1 Å². The summed E-state index contributed by atoms with van der Waals surface area (Å²) in [6.45, 7) is 3.96. The average Bonchev–Trinajstić information content (AvgIpc) is 3.76. The fourth-order valence-corrected chi connectivity index (χ4v) is 8.59. The molecule has 2 fully saturated rings. The smallest absolute Gasteiger partial charge is 0.345 e. The third-order valence-electron chi connectivity index (χ3n) is 11.7. The van der Waals surface area contributed by atoms with E-state index in [1.165, 1.54) is 5.69 Å². The lowest BCUT2D eigenvalue weighted by atomic mass is 9.99. The van der Waals surface area contributed by atoms with E-state index >= 15 is 0 Å². The van der Waals surface area contributed by atoms with Crippen LogP contribution in [0.1, 0.15) is 68.7 Å². The number of benzene rings is 2. The Labute approximate surface area is 342 Å². The first-order valence-electron chi connectivity index (χ1n) is 18.9. The van der Waals surface area contributed by atoms with Crippen molar-refractivity contribution in [2.24, 2.45) is 0 Å². The number of carboxylic acid groups (broad SMARTS) is 2. The molecule has 57 heavy (non-hydrogen) atoms. The van der Waals surface area contributed by atoms with Crippen molar-refractivity contribution in [2.45, 2.75) is 63.5 Å². The number of nitrogens with zero attached hydrogens (tertiary/aromatic N) is 3. The number of halogens is 2. The number of aromatic carboxylic acids is 2. The summed E-state index contributed by atoms with van der Waals surface area (Å²) in [4.78, 5) is 59.5. The van der Waals surface area contributed by atoms with Crippen LogP contribution >= 0.6 is 24.8 Å². The van der Waals surface area contributed by atoms with Crippen LogP contribution in [0.25, 0.3) is 22.5 Å². The number of H-pyrrole nitrogens is 2. The van der Waals surface area contributed by atoms with Crippen molar-refractivity contribution in [3.05, 3.63) is 90.5 Å². The Morgan fingerprint density at radius 2 is 1.18 bits per heavy atom. The minimum absolute atomic E-state index is 0. The predicted octanol–water partition coefficient (Wildman–Crippen LogP) is 4.65. The molecular formula is C41H50Cl2N6O8. The third kappa shape index (κ3) is 8.36. The van der Waals surface area contributed by atoms with E-state index in [9.17, 15) is 39.6 Å². The number of anilines is 2. The number of hydrogen-bond donors (Lipinski definition) is 7. The zero-order valence-corrected chi connectivity index (χ0v) is 33.8. The van der Waals surface area contributed by atoms with Gasteiger partial charge in [0, 0.05) is 71.9 Å². The number of pyridine rings is 2. The van der Waals surface area contributed by atoms with Crippen molar-refractivity contribution in [2.75, 3.05) is 57.1 Å². The Kier molecular flexibility index (Phi) is 13.3. The molecule has 2 saturated heterocycles. The number of nitrogens with one attached hydrogen (secondary N) is 3. The molecule has 0 radical (unpaired) electrons. The number of carbonyl (C=O) groups is 2. The molecule has 0 saturated carbocycles. The van der Waals surface area contributed by atoms with Gasteiger partial charge >= 0.3 is 11.9 Å². The van der Waals surface area contributed by atoms with Crippen LogP contribution in [0.4, 0.5) is 11.4 Å². The molecule has 8 rings (SSSR count). The number of fused-ring (bicyclic) bond motifs is 6. The lowest BCUT2D eigenvalue weighted by molar-refractivity contribution is 0.0680. The van der Waals surface area contributed by atoms with Gasteiger partial charge in [0.05, 0.1) is 11.4 Å². The second-order valence-corrected chi connectivity index (χ2v) is 15.1. The van der Waals surface area contributed by atoms with E-state index in [2.05, 4.69) is 56.2 Å². The highest BCUT2D eigenvalue weighted by Gasteiger charge is 2.29. The minimum atomic E-state index is -1.41. The van der Waals surface area contributed by atoms with Gasteiger partial charge in [0.15, 0.2) is 11.1 Å². The molecule has 2 unspecified atom stereocenters. The van der Waals surface area contributed by atoms with Gasteiger partial charge in [-0.3, -0.25) is 9.59 Å². The zero-order valence-electron chi connectivity index (χ0n) is 32.2. The van der Waals surface area contributed by atoms with Crippen LogP contribution < -0.4 is 26.2 Å². The molecule has 4 heterocycles. The topological polar surface area (TPSA) is 203 Å². The summed E-state index contributed by atoms with van der Waals surface area (Å²) in [5.41, 5.74) is 5.67. The summed E-state index contributed by atoms with van der Waals surface area (Å²) < 4.78 is 0. The normalized spacial score (nSPS) is 18.0. The lowest BCUT2D eigenvalue weighted by Crippen LogP contribution is -2.31. The Bertz CT molecular complexity index is 2290.